The highest BCUT2D eigenvalue weighted by molar-refractivity contribution is 6.30. The Balaban J connectivity index is 2.54. The van der Waals surface area contributed by atoms with Crippen molar-refractivity contribution >= 4 is 17.5 Å². The second-order valence-corrected chi connectivity index (χ2v) is 5.02. The highest BCUT2D eigenvalue weighted by Gasteiger charge is 2.27. The molecule has 17 heavy (non-hydrogen) atoms. The molecule has 96 valence electrons. The highest BCUT2D eigenvalue weighted by atomic mass is 35.5. The molecule has 0 aliphatic rings. The summed E-state index contributed by atoms with van der Waals surface area (Å²) in [5.74, 6) is -0.143. The number of aromatic nitrogens is 1. The van der Waals surface area contributed by atoms with Gasteiger partial charge in [-0.05, 0) is 18.9 Å². The van der Waals surface area contributed by atoms with Crippen LogP contribution in [0.1, 0.15) is 37.7 Å². The van der Waals surface area contributed by atoms with E-state index in [1.807, 2.05) is 13.8 Å². The maximum atomic E-state index is 11.7. The van der Waals surface area contributed by atoms with Gasteiger partial charge in [-0.3, -0.25) is 4.79 Å². The molecular weight excluding hydrogens is 240 g/mol. The van der Waals surface area contributed by atoms with Crippen molar-refractivity contribution in [3.05, 3.63) is 23.0 Å². The molecule has 5 heteroatoms. The largest absolute Gasteiger partial charge is 0.388 e. The molecule has 0 aromatic carbocycles. The molecular formula is C12H19ClN2O2. The lowest BCUT2D eigenvalue weighted by Crippen LogP contribution is -2.45. The Kier molecular flexibility index (Phi) is 4.60. The lowest BCUT2D eigenvalue weighted by atomic mass is 9.88. The van der Waals surface area contributed by atoms with Gasteiger partial charge in [-0.2, -0.15) is 0 Å². The molecule has 0 saturated heterocycles. The summed E-state index contributed by atoms with van der Waals surface area (Å²) >= 11 is 5.71. The third-order valence-electron chi connectivity index (χ3n) is 3.17. The number of aliphatic hydroxyl groups is 1. The second kappa shape index (κ2) is 5.56. The van der Waals surface area contributed by atoms with Gasteiger partial charge in [-0.25, -0.2) is 0 Å². The molecule has 2 unspecified atom stereocenters. The number of hydrogen-bond acceptors (Lipinski definition) is 2. The summed E-state index contributed by atoms with van der Waals surface area (Å²) < 4.78 is 0. The van der Waals surface area contributed by atoms with E-state index in [4.69, 9.17) is 11.6 Å². The van der Waals surface area contributed by atoms with Crippen molar-refractivity contribution in [2.24, 2.45) is 5.92 Å². The first-order valence-corrected chi connectivity index (χ1v) is 6.09. The van der Waals surface area contributed by atoms with Gasteiger partial charge in [0.2, 0.25) is 0 Å². The molecule has 1 rings (SSSR count). The van der Waals surface area contributed by atoms with E-state index < -0.39 is 5.60 Å². The van der Waals surface area contributed by atoms with Crippen LogP contribution in [0.25, 0.3) is 0 Å². The van der Waals surface area contributed by atoms with E-state index >= 15 is 0 Å². The van der Waals surface area contributed by atoms with Crippen LogP contribution in [-0.2, 0) is 0 Å². The van der Waals surface area contributed by atoms with Gasteiger partial charge >= 0.3 is 0 Å². The minimum Gasteiger partial charge on any atom is -0.388 e. The lowest BCUT2D eigenvalue weighted by Gasteiger charge is -2.29. The molecule has 1 heterocycles. The van der Waals surface area contributed by atoms with Crippen LogP contribution >= 0.6 is 11.6 Å². The summed E-state index contributed by atoms with van der Waals surface area (Å²) in [6, 6.07) is 1.55. The van der Waals surface area contributed by atoms with Crippen LogP contribution in [0.4, 0.5) is 0 Å². The standard InChI is InChI=1S/C12H19ClN2O2/c1-4-8(2)12(3,17)7-15-11(16)10-5-9(13)6-14-10/h5-6,8,14,17H,4,7H2,1-3H3,(H,15,16). The number of halogens is 1. The van der Waals surface area contributed by atoms with Crippen molar-refractivity contribution < 1.29 is 9.90 Å². The van der Waals surface area contributed by atoms with E-state index in [1.165, 1.54) is 0 Å². The van der Waals surface area contributed by atoms with Crippen molar-refractivity contribution in [2.45, 2.75) is 32.8 Å². The Bertz CT molecular complexity index is 388. The fourth-order valence-corrected chi connectivity index (χ4v) is 1.63. The van der Waals surface area contributed by atoms with Gasteiger partial charge in [-0.15, -0.1) is 0 Å². The van der Waals surface area contributed by atoms with E-state index in [0.717, 1.165) is 6.42 Å². The Morgan fingerprint density at radius 2 is 2.35 bits per heavy atom. The molecule has 1 amide bonds. The van der Waals surface area contributed by atoms with Gasteiger partial charge in [0, 0.05) is 12.7 Å². The first-order valence-electron chi connectivity index (χ1n) is 5.71. The van der Waals surface area contributed by atoms with E-state index in [0.29, 0.717) is 10.7 Å². The third kappa shape index (κ3) is 3.75. The molecule has 0 saturated carbocycles. The van der Waals surface area contributed by atoms with E-state index in [1.54, 1.807) is 19.2 Å². The van der Waals surface area contributed by atoms with Gasteiger partial charge in [0.25, 0.3) is 5.91 Å². The second-order valence-electron chi connectivity index (χ2n) is 4.58. The monoisotopic (exact) mass is 258 g/mol. The molecule has 0 aliphatic carbocycles. The maximum Gasteiger partial charge on any atom is 0.267 e. The Morgan fingerprint density at radius 1 is 1.71 bits per heavy atom. The quantitative estimate of drug-likeness (QED) is 0.758. The summed E-state index contributed by atoms with van der Waals surface area (Å²) in [5.41, 5.74) is -0.504. The van der Waals surface area contributed by atoms with Crippen molar-refractivity contribution in [3.63, 3.8) is 0 Å². The van der Waals surface area contributed by atoms with Crippen molar-refractivity contribution in [3.8, 4) is 0 Å². The van der Waals surface area contributed by atoms with Crippen molar-refractivity contribution in [2.75, 3.05) is 6.54 Å². The van der Waals surface area contributed by atoms with E-state index in [-0.39, 0.29) is 18.4 Å². The van der Waals surface area contributed by atoms with Crippen LogP contribution in [0.5, 0.6) is 0 Å². The zero-order valence-electron chi connectivity index (χ0n) is 10.4. The summed E-state index contributed by atoms with van der Waals surface area (Å²) in [7, 11) is 0. The first-order chi connectivity index (χ1) is 7.86. The highest BCUT2D eigenvalue weighted by Crippen LogP contribution is 2.19. The summed E-state index contributed by atoms with van der Waals surface area (Å²) in [6.07, 6.45) is 2.40. The number of carbonyl (C=O) groups is 1. The molecule has 1 aromatic rings. The van der Waals surface area contributed by atoms with Gasteiger partial charge in [0.05, 0.1) is 10.6 Å². The summed E-state index contributed by atoms with van der Waals surface area (Å²) in [6.45, 7) is 5.91. The van der Waals surface area contributed by atoms with Gasteiger partial charge in [0.15, 0.2) is 0 Å². The number of nitrogens with one attached hydrogen (secondary N) is 2. The van der Waals surface area contributed by atoms with Gasteiger partial charge in [-0.1, -0.05) is 31.9 Å². The predicted molar refractivity (Wildman–Crippen MR) is 68.2 cm³/mol. The maximum absolute atomic E-state index is 11.7. The number of H-pyrrole nitrogens is 1. The number of hydrogen-bond donors (Lipinski definition) is 3. The van der Waals surface area contributed by atoms with Crippen LogP contribution in [-0.4, -0.2) is 28.1 Å². The molecule has 3 N–H and O–H groups in total. The minimum absolute atomic E-state index is 0.120. The Labute approximate surface area is 106 Å². The van der Waals surface area contributed by atoms with Gasteiger partial charge in [0.1, 0.15) is 5.69 Å². The number of carbonyl (C=O) groups excluding carboxylic acids is 1. The van der Waals surface area contributed by atoms with Crippen LogP contribution in [0.3, 0.4) is 0 Å². The minimum atomic E-state index is -0.902. The molecule has 4 nitrogen and oxygen atoms in total. The zero-order chi connectivity index (χ0) is 13.1. The average Bonchev–Trinajstić information content (AvgIpc) is 2.71. The summed E-state index contributed by atoms with van der Waals surface area (Å²) in [5, 5.41) is 13.3. The molecule has 0 aliphatic heterocycles. The first kappa shape index (κ1) is 14.1. The third-order valence-corrected chi connectivity index (χ3v) is 3.39. The van der Waals surface area contributed by atoms with Crippen LogP contribution in [0.15, 0.2) is 12.3 Å². The van der Waals surface area contributed by atoms with Crippen molar-refractivity contribution in [1.82, 2.24) is 10.3 Å². The number of rotatable bonds is 5. The van der Waals surface area contributed by atoms with Gasteiger partial charge < -0.3 is 15.4 Å². The van der Waals surface area contributed by atoms with E-state index in [9.17, 15) is 9.90 Å². The molecule has 0 spiro atoms. The van der Waals surface area contributed by atoms with Crippen molar-refractivity contribution in [1.29, 1.82) is 0 Å². The fourth-order valence-electron chi connectivity index (χ4n) is 1.47. The SMILES string of the molecule is CCC(C)C(C)(O)CNC(=O)c1cc(Cl)c[nH]1. The predicted octanol–water partition coefficient (Wildman–Crippen LogP) is 2.19. The zero-order valence-corrected chi connectivity index (χ0v) is 11.1. The van der Waals surface area contributed by atoms with Crippen LogP contribution < -0.4 is 5.32 Å². The smallest absolute Gasteiger partial charge is 0.267 e. The molecule has 2 atom stereocenters. The number of aromatic amines is 1. The molecule has 0 radical (unpaired) electrons. The van der Waals surface area contributed by atoms with E-state index in [2.05, 4.69) is 10.3 Å². The normalized spacial score (nSPS) is 16.3. The average molecular weight is 259 g/mol. The lowest BCUT2D eigenvalue weighted by molar-refractivity contribution is 0.00588. The Hall–Kier alpha value is -1.00. The topological polar surface area (TPSA) is 65.1 Å². The number of amides is 1. The Morgan fingerprint density at radius 3 is 2.82 bits per heavy atom. The summed E-state index contributed by atoms with van der Waals surface area (Å²) in [4.78, 5) is 14.5. The molecule has 1 aromatic heterocycles. The molecule has 0 bridgehead atoms. The van der Waals surface area contributed by atoms with Crippen LogP contribution in [0.2, 0.25) is 5.02 Å². The molecule has 0 fully saturated rings. The fraction of sp³-hybridized carbons (Fsp3) is 0.583. The van der Waals surface area contributed by atoms with Crippen LogP contribution in [0, 0.1) is 5.92 Å².